The van der Waals surface area contributed by atoms with Crippen LogP contribution in [0.25, 0.3) is 0 Å². The van der Waals surface area contributed by atoms with Crippen molar-refractivity contribution in [3.63, 3.8) is 0 Å². The third-order valence-electron chi connectivity index (χ3n) is 4.15. The number of carbonyl (C=O) groups excluding carboxylic acids is 3. The summed E-state index contributed by atoms with van der Waals surface area (Å²) in [6.07, 6.45) is 2.24. The van der Waals surface area contributed by atoms with Gasteiger partial charge in [0.2, 0.25) is 5.91 Å². The van der Waals surface area contributed by atoms with Crippen molar-refractivity contribution in [1.82, 2.24) is 10.2 Å². The summed E-state index contributed by atoms with van der Waals surface area (Å²) < 4.78 is 0. The number of benzene rings is 1. The molecule has 0 radical (unpaired) electrons. The van der Waals surface area contributed by atoms with E-state index in [2.05, 4.69) is 5.32 Å². The first-order chi connectivity index (χ1) is 11.4. The maximum atomic E-state index is 12.8. The number of hydrogen-bond acceptors (Lipinski definition) is 3. The Labute approximate surface area is 151 Å². The molecule has 1 saturated heterocycles. The molecule has 2 amide bonds. The van der Waals surface area contributed by atoms with Gasteiger partial charge in [-0.2, -0.15) is 0 Å². The largest absolute Gasteiger partial charge is 0.340 e. The fourth-order valence-corrected chi connectivity index (χ4v) is 3.18. The van der Waals surface area contributed by atoms with Crippen molar-refractivity contribution in [3.05, 3.63) is 33.8 Å². The van der Waals surface area contributed by atoms with Crippen LogP contribution >= 0.6 is 23.2 Å². The minimum absolute atomic E-state index is 0.132. The van der Waals surface area contributed by atoms with Gasteiger partial charge in [0.05, 0.1) is 21.7 Å². The van der Waals surface area contributed by atoms with E-state index in [1.165, 1.54) is 4.90 Å². The number of carbonyl (C=O) groups is 3. The number of nitrogens with zero attached hydrogens (tertiary/aromatic N) is 1. The molecule has 1 aliphatic rings. The van der Waals surface area contributed by atoms with E-state index in [4.69, 9.17) is 23.2 Å². The zero-order valence-corrected chi connectivity index (χ0v) is 15.1. The van der Waals surface area contributed by atoms with Crippen molar-refractivity contribution >= 4 is 41.3 Å². The Kier molecular flexibility index (Phi) is 6.24. The highest BCUT2D eigenvalue weighted by molar-refractivity contribution is 6.43. The minimum atomic E-state index is -0.729. The van der Waals surface area contributed by atoms with Crippen LogP contribution in [0.4, 0.5) is 0 Å². The van der Waals surface area contributed by atoms with E-state index in [-0.39, 0.29) is 27.4 Å². The highest BCUT2D eigenvalue weighted by atomic mass is 35.5. The van der Waals surface area contributed by atoms with Crippen LogP contribution in [0.15, 0.2) is 18.2 Å². The molecule has 0 saturated carbocycles. The van der Waals surface area contributed by atoms with Crippen LogP contribution in [-0.2, 0) is 9.59 Å². The van der Waals surface area contributed by atoms with Crippen LogP contribution < -0.4 is 5.32 Å². The summed E-state index contributed by atoms with van der Waals surface area (Å²) in [5, 5.41) is 3.16. The van der Waals surface area contributed by atoms with Gasteiger partial charge < -0.3 is 15.0 Å². The van der Waals surface area contributed by atoms with Gasteiger partial charge in [-0.25, -0.2) is 0 Å². The summed E-state index contributed by atoms with van der Waals surface area (Å²) in [5.41, 5.74) is 0.218. The summed E-state index contributed by atoms with van der Waals surface area (Å²) in [6.45, 7) is 4.21. The normalized spacial score (nSPS) is 18.5. The van der Waals surface area contributed by atoms with Crippen LogP contribution in [-0.4, -0.2) is 41.6 Å². The molecule has 2 atom stereocenters. The molecule has 7 heteroatoms. The average Bonchev–Trinajstić information content (AvgIpc) is 3.02. The van der Waals surface area contributed by atoms with Gasteiger partial charge in [-0.3, -0.25) is 9.59 Å². The lowest BCUT2D eigenvalue weighted by Crippen LogP contribution is -2.52. The molecule has 1 aliphatic heterocycles. The molecule has 0 aliphatic carbocycles. The third kappa shape index (κ3) is 3.90. The molecule has 0 spiro atoms. The second-order valence-electron chi connectivity index (χ2n) is 6.17. The molecule has 1 aromatic rings. The van der Waals surface area contributed by atoms with Crippen molar-refractivity contribution in [2.75, 3.05) is 6.54 Å². The average molecular weight is 371 g/mol. The fraction of sp³-hybridized carbons (Fsp3) is 0.471. The van der Waals surface area contributed by atoms with Gasteiger partial charge in [0.25, 0.3) is 5.91 Å². The molecular weight excluding hydrogens is 351 g/mol. The van der Waals surface area contributed by atoms with E-state index in [1.807, 2.05) is 13.8 Å². The van der Waals surface area contributed by atoms with Crippen LogP contribution in [0.3, 0.4) is 0 Å². The zero-order chi connectivity index (χ0) is 17.9. The molecule has 0 unspecified atom stereocenters. The Bertz CT molecular complexity index is 649. The molecule has 1 heterocycles. The minimum Gasteiger partial charge on any atom is -0.340 e. The third-order valence-corrected chi connectivity index (χ3v) is 4.97. The molecule has 1 N–H and O–H groups in total. The number of halogens is 2. The number of rotatable bonds is 5. The summed E-state index contributed by atoms with van der Waals surface area (Å²) in [5.74, 6) is -0.838. The summed E-state index contributed by atoms with van der Waals surface area (Å²) in [7, 11) is 0. The number of aldehydes is 1. The van der Waals surface area contributed by atoms with Crippen molar-refractivity contribution in [3.8, 4) is 0 Å². The predicted octanol–water partition coefficient (Wildman–Crippen LogP) is 2.94. The van der Waals surface area contributed by atoms with Gasteiger partial charge in [0, 0.05) is 6.54 Å². The van der Waals surface area contributed by atoms with E-state index in [0.717, 1.165) is 12.7 Å². The van der Waals surface area contributed by atoms with E-state index in [9.17, 15) is 14.4 Å². The molecule has 1 aromatic carbocycles. The predicted molar refractivity (Wildman–Crippen MR) is 93.4 cm³/mol. The molecule has 0 aromatic heterocycles. The van der Waals surface area contributed by atoms with Crippen LogP contribution in [0.1, 0.15) is 37.0 Å². The first-order valence-electron chi connectivity index (χ1n) is 7.87. The number of nitrogens with one attached hydrogen (secondary N) is 1. The molecular formula is C17H20Cl2N2O3. The van der Waals surface area contributed by atoms with Gasteiger partial charge in [-0.1, -0.05) is 43.1 Å². The standard InChI is InChI=1S/C17H20Cl2N2O3/c1-10(2)15(17(24)21-8-4-5-11(21)9-22)20-16(23)12-6-3-7-13(18)14(12)19/h3,6-7,9-11,15H,4-5,8H2,1-2H3,(H,20,23)/t11-,15-/m0/s1. The SMILES string of the molecule is CC(C)[C@H](NC(=O)c1cccc(Cl)c1Cl)C(=O)N1CCC[C@H]1C=O. The smallest absolute Gasteiger partial charge is 0.253 e. The molecule has 0 bridgehead atoms. The van der Waals surface area contributed by atoms with Gasteiger partial charge in [-0.05, 0) is 30.9 Å². The lowest BCUT2D eigenvalue weighted by Gasteiger charge is -2.29. The van der Waals surface area contributed by atoms with Crippen molar-refractivity contribution in [1.29, 1.82) is 0 Å². The van der Waals surface area contributed by atoms with E-state index in [0.29, 0.717) is 13.0 Å². The fourth-order valence-electron chi connectivity index (χ4n) is 2.80. The molecule has 130 valence electrons. The molecule has 24 heavy (non-hydrogen) atoms. The summed E-state index contributed by atoms with van der Waals surface area (Å²) in [6, 6.07) is 3.62. The van der Waals surface area contributed by atoms with Crippen LogP contribution in [0, 0.1) is 5.92 Å². The van der Waals surface area contributed by atoms with Gasteiger partial charge in [-0.15, -0.1) is 0 Å². The summed E-state index contributed by atoms with van der Waals surface area (Å²) in [4.78, 5) is 37.9. The highest BCUT2D eigenvalue weighted by Gasteiger charge is 2.35. The number of amides is 2. The Hall–Kier alpha value is -1.59. The Balaban J connectivity index is 2.19. The maximum absolute atomic E-state index is 12.8. The Morgan fingerprint density at radius 1 is 1.33 bits per heavy atom. The number of hydrogen-bond donors (Lipinski definition) is 1. The summed E-state index contributed by atoms with van der Waals surface area (Å²) >= 11 is 12.0. The molecule has 1 fully saturated rings. The van der Waals surface area contributed by atoms with Crippen LogP contribution in [0.5, 0.6) is 0 Å². The topological polar surface area (TPSA) is 66.5 Å². The molecule has 2 rings (SSSR count). The number of likely N-dealkylation sites (tertiary alicyclic amines) is 1. The highest BCUT2D eigenvalue weighted by Crippen LogP contribution is 2.26. The second-order valence-corrected chi connectivity index (χ2v) is 6.96. The Morgan fingerprint density at radius 3 is 2.67 bits per heavy atom. The van der Waals surface area contributed by atoms with Crippen molar-refractivity contribution < 1.29 is 14.4 Å². The molecule has 5 nitrogen and oxygen atoms in total. The van der Waals surface area contributed by atoms with Crippen molar-refractivity contribution in [2.45, 2.75) is 38.8 Å². The lowest BCUT2D eigenvalue weighted by molar-refractivity contribution is -0.137. The lowest BCUT2D eigenvalue weighted by atomic mass is 10.0. The Morgan fingerprint density at radius 2 is 2.04 bits per heavy atom. The van der Waals surface area contributed by atoms with Gasteiger partial charge in [0.15, 0.2) is 0 Å². The first-order valence-corrected chi connectivity index (χ1v) is 8.63. The quantitative estimate of drug-likeness (QED) is 0.810. The van der Waals surface area contributed by atoms with Crippen LogP contribution in [0.2, 0.25) is 10.0 Å². The van der Waals surface area contributed by atoms with E-state index < -0.39 is 18.0 Å². The first kappa shape index (κ1) is 18.7. The monoisotopic (exact) mass is 370 g/mol. The van der Waals surface area contributed by atoms with E-state index >= 15 is 0 Å². The second kappa shape index (κ2) is 7.99. The maximum Gasteiger partial charge on any atom is 0.253 e. The van der Waals surface area contributed by atoms with Gasteiger partial charge >= 0.3 is 0 Å². The van der Waals surface area contributed by atoms with Crippen molar-refractivity contribution in [2.24, 2.45) is 5.92 Å². The van der Waals surface area contributed by atoms with Gasteiger partial charge in [0.1, 0.15) is 12.3 Å². The van der Waals surface area contributed by atoms with E-state index in [1.54, 1.807) is 18.2 Å². The zero-order valence-electron chi connectivity index (χ0n) is 13.6.